The third-order valence-corrected chi connectivity index (χ3v) is 3.39. The molecule has 5 heteroatoms. The smallest absolute Gasteiger partial charge is 0.196 e. The molecule has 20 heavy (non-hydrogen) atoms. The van der Waals surface area contributed by atoms with Crippen LogP contribution in [0.15, 0.2) is 28.7 Å². The third kappa shape index (κ3) is 2.10. The number of aliphatic hydroxyl groups is 1. The van der Waals surface area contributed by atoms with Crippen LogP contribution in [-0.2, 0) is 0 Å². The van der Waals surface area contributed by atoms with Gasteiger partial charge in [-0.05, 0) is 25.5 Å². The number of benzene rings is 1. The summed E-state index contributed by atoms with van der Waals surface area (Å²) >= 11 is 0. The van der Waals surface area contributed by atoms with Crippen LogP contribution in [0.4, 0.5) is 5.82 Å². The fourth-order valence-corrected chi connectivity index (χ4v) is 2.27. The minimum atomic E-state index is -0.0410. The molecule has 0 spiro atoms. The van der Waals surface area contributed by atoms with Crippen molar-refractivity contribution in [3.8, 4) is 0 Å². The average Bonchev–Trinajstić information content (AvgIpc) is 2.83. The molecule has 0 radical (unpaired) electrons. The second kappa shape index (κ2) is 5.09. The largest absolute Gasteiger partial charge is 0.450 e. The standard InChI is InChI=1S/C15H17N3O2/c1-3-10(8-19)18-15-14-13(16-9(2)17-15)11-6-4-5-7-12(11)20-14/h4-7,10,19H,3,8H2,1-2H3,(H,16,17,18)/t10-/m0/s1. The molecule has 0 aliphatic heterocycles. The second-order valence-corrected chi connectivity index (χ2v) is 4.83. The van der Waals surface area contributed by atoms with E-state index in [0.717, 1.165) is 22.9 Å². The fourth-order valence-electron chi connectivity index (χ4n) is 2.27. The molecule has 0 fully saturated rings. The maximum atomic E-state index is 9.33. The number of aromatic nitrogens is 2. The van der Waals surface area contributed by atoms with Crippen molar-refractivity contribution in [2.45, 2.75) is 26.3 Å². The van der Waals surface area contributed by atoms with Crippen molar-refractivity contribution >= 4 is 27.9 Å². The molecular formula is C15H17N3O2. The molecule has 1 atom stereocenters. The van der Waals surface area contributed by atoms with Crippen LogP contribution in [-0.4, -0.2) is 27.7 Å². The first-order valence-electron chi connectivity index (χ1n) is 6.76. The highest BCUT2D eigenvalue weighted by Crippen LogP contribution is 2.31. The van der Waals surface area contributed by atoms with Crippen molar-refractivity contribution in [1.82, 2.24) is 9.97 Å². The lowest BCUT2D eigenvalue weighted by atomic mass is 10.2. The molecular weight excluding hydrogens is 254 g/mol. The lowest BCUT2D eigenvalue weighted by Crippen LogP contribution is -2.23. The van der Waals surface area contributed by atoms with E-state index in [0.29, 0.717) is 17.2 Å². The summed E-state index contributed by atoms with van der Waals surface area (Å²) in [7, 11) is 0. The van der Waals surface area contributed by atoms with Gasteiger partial charge in [0.15, 0.2) is 11.4 Å². The van der Waals surface area contributed by atoms with Crippen LogP contribution >= 0.6 is 0 Å². The van der Waals surface area contributed by atoms with Gasteiger partial charge in [0.1, 0.15) is 16.9 Å². The summed E-state index contributed by atoms with van der Waals surface area (Å²) in [5.74, 6) is 1.32. The topological polar surface area (TPSA) is 71.2 Å². The third-order valence-electron chi connectivity index (χ3n) is 3.39. The van der Waals surface area contributed by atoms with Gasteiger partial charge in [0.2, 0.25) is 0 Å². The Morgan fingerprint density at radius 3 is 2.85 bits per heavy atom. The van der Waals surface area contributed by atoms with Gasteiger partial charge in [0.05, 0.1) is 12.6 Å². The SMILES string of the molecule is CC[C@@H](CO)Nc1nc(C)nc2c1oc1ccccc12. The Bertz CT molecular complexity index is 747. The van der Waals surface area contributed by atoms with E-state index in [1.807, 2.05) is 38.1 Å². The first-order chi connectivity index (χ1) is 9.72. The normalized spacial score (nSPS) is 12.9. The maximum absolute atomic E-state index is 9.33. The summed E-state index contributed by atoms with van der Waals surface area (Å²) in [5.41, 5.74) is 2.24. The maximum Gasteiger partial charge on any atom is 0.196 e. The molecule has 3 aromatic rings. The van der Waals surface area contributed by atoms with Crippen molar-refractivity contribution in [2.24, 2.45) is 0 Å². The number of hydrogen-bond acceptors (Lipinski definition) is 5. The Balaban J connectivity index is 2.20. The summed E-state index contributed by atoms with van der Waals surface area (Å²) < 4.78 is 5.86. The fraction of sp³-hybridized carbons (Fsp3) is 0.333. The van der Waals surface area contributed by atoms with Gasteiger partial charge < -0.3 is 14.8 Å². The van der Waals surface area contributed by atoms with E-state index in [1.54, 1.807) is 0 Å². The number of anilines is 1. The van der Waals surface area contributed by atoms with E-state index in [4.69, 9.17) is 4.42 Å². The number of furan rings is 1. The first kappa shape index (κ1) is 12.9. The van der Waals surface area contributed by atoms with Gasteiger partial charge in [-0.2, -0.15) is 0 Å². The number of hydrogen-bond donors (Lipinski definition) is 2. The molecule has 0 bridgehead atoms. The van der Waals surface area contributed by atoms with Crippen molar-refractivity contribution in [1.29, 1.82) is 0 Å². The van der Waals surface area contributed by atoms with E-state index in [1.165, 1.54) is 0 Å². The summed E-state index contributed by atoms with van der Waals surface area (Å²) in [6.45, 7) is 3.92. The minimum Gasteiger partial charge on any atom is -0.450 e. The molecule has 0 saturated carbocycles. The molecule has 0 saturated heterocycles. The molecule has 2 N–H and O–H groups in total. The van der Waals surface area contributed by atoms with Crippen molar-refractivity contribution in [3.63, 3.8) is 0 Å². The molecule has 1 aromatic carbocycles. The Morgan fingerprint density at radius 1 is 1.30 bits per heavy atom. The predicted octanol–water partition coefficient (Wildman–Crippen LogP) is 2.87. The minimum absolute atomic E-state index is 0.0410. The molecule has 104 valence electrons. The van der Waals surface area contributed by atoms with Gasteiger partial charge in [0.25, 0.3) is 0 Å². The summed E-state index contributed by atoms with van der Waals surface area (Å²) in [5, 5.41) is 13.5. The van der Waals surface area contributed by atoms with E-state index in [-0.39, 0.29) is 12.6 Å². The molecule has 0 aliphatic carbocycles. The molecule has 3 rings (SSSR count). The highest BCUT2D eigenvalue weighted by Gasteiger charge is 2.16. The number of para-hydroxylation sites is 1. The van der Waals surface area contributed by atoms with Crippen LogP contribution in [0.5, 0.6) is 0 Å². The Labute approximate surface area is 116 Å². The van der Waals surface area contributed by atoms with E-state index >= 15 is 0 Å². The monoisotopic (exact) mass is 271 g/mol. The zero-order chi connectivity index (χ0) is 14.1. The molecule has 0 amide bonds. The average molecular weight is 271 g/mol. The summed E-state index contributed by atoms with van der Waals surface area (Å²) in [6.07, 6.45) is 0.807. The summed E-state index contributed by atoms with van der Waals surface area (Å²) in [4.78, 5) is 8.88. The zero-order valence-electron chi connectivity index (χ0n) is 11.6. The number of nitrogens with zero attached hydrogens (tertiary/aromatic N) is 2. The van der Waals surface area contributed by atoms with Crippen molar-refractivity contribution in [3.05, 3.63) is 30.1 Å². The van der Waals surface area contributed by atoms with Crippen LogP contribution in [0.2, 0.25) is 0 Å². The summed E-state index contributed by atoms with van der Waals surface area (Å²) in [6, 6.07) is 7.76. The number of aliphatic hydroxyl groups excluding tert-OH is 1. The van der Waals surface area contributed by atoms with E-state index in [2.05, 4.69) is 15.3 Å². The predicted molar refractivity (Wildman–Crippen MR) is 78.8 cm³/mol. The van der Waals surface area contributed by atoms with Crippen molar-refractivity contribution in [2.75, 3.05) is 11.9 Å². The molecule has 2 aromatic heterocycles. The molecule has 0 unspecified atom stereocenters. The van der Waals surface area contributed by atoms with Gasteiger partial charge in [0, 0.05) is 5.39 Å². The number of fused-ring (bicyclic) bond motifs is 3. The Kier molecular flexibility index (Phi) is 3.28. The Hall–Kier alpha value is -2.14. The van der Waals surface area contributed by atoms with Gasteiger partial charge in [-0.3, -0.25) is 0 Å². The van der Waals surface area contributed by atoms with Crippen LogP contribution in [0.3, 0.4) is 0 Å². The lowest BCUT2D eigenvalue weighted by molar-refractivity contribution is 0.271. The van der Waals surface area contributed by atoms with Crippen molar-refractivity contribution < 1.29 is 9.52 Å². The quantitative estimate of drug-likeness (QED) is 0.763. The zero-order valence-corrected chi connectivity index (χ0v) is 11.6. The van der Waals surface area contributed by atoms with Crippen LogP contribution in [0.25, 0.3) is 22.1 Å². The van der Waals surface area contributed by atoms with E-state index < -0.39 is 0 Å². The van der Waals surface area contributed by atoms with Gasteiger partial charge >= 0.3 is 0 Å². The highest BCUT2D eigenvalue weighted by molar-refractivity contribution is 6.05. The van der Waals surface area contributed by atoms with Gasteiger partial charge in [-0.1, -0.05) is 19.1 Å². The number of aryl methyl sites for hydroxylation is 1. The van der Waals surface area contributed by atoms with E-state index in [9.17, 15) is 5.11 Å². The number of nitrogens with one attached hydrogen (secondary N) is 1. The number of rotatable bonds is 4. The molecule has 5 nitrogen and oxygen atoms in total. The second-order valence-electron chi connectivity index (χ2n) is 4.83. The molecule has 2 heterocycles. The van der Waals surface area contributed by atoms with Crippen LogP contribution in [0, 0.1) is 6.92 Å². The van der Waals surface area contributed by atoms with Crippen LogP contribution in [0.1, 0.15) is 19.2 Å². The highest BCUT2D eigenvalue weighted by atomic mass is 16.3. The first-order valence-corrected chi connectivity index (χ1v) is 6.76. The Morgan fingerprint density at radius 2 is 2.10 bits per heavy atom. The lowest BCUT2D eigenvalue weighted by Gasteiger charge is -2.14. The molecule has 0 aliphatic rings. The van der Waals surface area contributed by atoms with Gasteiger partial charge in [-0.15, -0.1) is 0 Å². The van der Waals surface area contributed by atoms with Gasteiger partial charge in [-0.25, -0.2) is 9.97 Å². The van der Waals surface area contributed by atoms with Crippen LogP contribution < -0.4 is 5.32 Å².